The molecule has 2 fully saturated rings. The molecule has 2 rings (SSSR count). The Bertz CT molecular complexity index is 191. The molecule has 0 radical (unpaired) electrons. The Hall–Kier alpha value is -0.730. The first-order chi connectivity index (χ1) is 5.90. The van der Waals surface area contributed by atoms with Crippen LogP contribution in [0.2, 0.25) is 0 Å². The number of rotatable bonds is 0. The maximum Gasteiger partial charge on any atom is 0.284 e. The summed E-state index contributed by atoms with van der Waals surface area (Å²) in [6.45, 7) is 0.865. The van der Waals surface area contributed by atoms with Crippen LogP contribution in [-0.4, -0.2) is 25.7 Å². The summed E-state index contributed by atoms with van der Waals surface area (Å²) >= 11 is 0. The van der Waals surface area contributed by atoms with Crippen molar-refractivity contribution in [2.45, 2.75) is 31.7 Å². The zero-order valence-corrected chi connectivity index (χ0v) is 7.55. The van der Waals surface area contributed by atoms with Crippen LogP contribution >= 0.6 is 0 Å². The minimum atomic E-state index is 0.631. The number of nitrogens with one attached hydrogen (secondary N) is 1. The van der Waals surface area contributed by atoms with Crippen molar-refractivity contribution in [1.82, 2.24) is 5.32 Å². The van der Waals surface area contributed by atoms with Gasteiger partial charge in [-0.15, -0.1) is 0 Å². The molecule has 2 aliphatic rings. The van der Waals surface area contributed by atoms with Crippen molar-refractivity contribution >= 4 is 6.02 Å². The van der Waals surface area contributed by atoms with Gasteiger partial charge >= 0.3 is 0 Å². The molecule has 1 aliphatic heterocycles. The fourth-order valence-electron chi connectivity index (χ4n) is 2.11. The second-order valence-electron chi connectivity index (χ2n) is 3.64. The Morgan fingerprint density at radius 2 is 2.25 bits per heavy atom. The zero-order valence-electron chi connectivity index (χ0n) is 7.55. The van der Waals surface area contributed by atoms with Crippen molar-refractivity contribution in [3.63, 3.8) is 0 Å². The fraction of sp³-hybridized carbons (Fsp3) is 0.889. The van der Waals surface area contributed by atoms with Crippen molar-refractivity contribution in [3.05, 3.63) is 0 Å². The average Bonchev–Trinajstić information content (AvgIpc) is 2.17. The third kappa shape index (κ3) is 1.40. The third-order valence-electron chi connectivity index (χ3n) is 2.86. The number of fused-ring (bicyclic) bond motifs is 1. The van der Waals surface area contributed by atoms with Crippen molar-refractivity contribution in [2.75, 3.05) is 13.7 Å². The van der Waals surface area contributed by atoms with Gasteiger partial charge in [-0.25, -0.2) is 4.99 Å². The summed E-state index contributed by atoms with van der Waals surface area (Å²) in [5.41, 5.74) is 0. The van der Waals surface area contributed by atoms with Gasteiger partial charge in [-0.2, -0.15) is 0 Å². The van der Waals surface area contributed by atoms with Gasteiger partial charge in [0.1, 0.15) is 0 Å². The predicted molar refractivity (Wildman–Crippen MR) is 48.2 cm³/mol. The Morgan fingerprint density at radius 3 is 3.08 bits per heavy atom. The first-order valence-corrected chi connectivity index (χ1v) is 4.76. The third-order valence-corrected chi connectivity index (χ3v) is 2.86. The second-order valence-corrected chi connectivity index (χ2v) is 3.64. The minimum Gasteiger partial charge on any atom is -0.465 e. The zero-order chi connectivity index (χ0) is 8.39. The highest BCUT2D eigenvalue weighted by Crippen LogP contribution is 2.26. The van der Waals surface area contributed by atoms with E-state index in [2.05, 4.69) is 10.3 Å². The van der Waals surface area contributed by atoms with Gasteiger partial charge in [-0.3, -0.25) is 0 Å². The molecular formula is C9H16N2O. The van der Waals surface area contributed by atoms with E-state index in [1.807, 2.05) is 0 Å². The summed E-state index contributed by atoms with van der Waals surface area (Å²) in [5.74, 6) is 0.726. The van der Waals surface area contributed by atoms with Gasteiger partial charge in [-0.1, -0.05) is 12.8 Å². The van der Waals surface area contributed by atoms with Crippen LogP contribution in [-0.2, 0) is 4.74 Å². The molecule has 0 aromatic heterocycles. The molecule has 1 N–H and O–H groups in total. The molecule has 0 amide bonds. The van der Waals surface area contributed by atoms with Crippen LogP contribution in [0.5, 0.6) is 0 Å². The van der Waals surface area contributed by atoms with Crippen molar-refractivity contribution in [3.8, 4) is 0 Å². The molecule has 3 heteroatoms. The van der Waals surface area contributed by atoms with Gasteiger partial charge < -0.3 is 10.1 Å². The monoisotopic (exact) mass is 168 g/mol. The van der Waals surface area contributed by atoms with Gasteiger partial charge in [0.25, 0.3) is 6.02 Å². The van der Waals surface area contributed by atoms with Gasteiger partial charge in [0.05, 0.1) is 6.61 Å². The molecule has 0 aromatic rings. The Labute approximate surface area is 73.2 Å². The fourth-order valence-corrected chi connectivity index (χ4v) is 2.11. The summed E-state index contributed by atoms with van der Waals surface area (Å²) in [5, 5.41) is 3.33. The van der Waals surface area contributed by atoms with Crippen molar-refractivity contribution < 1.29 is 4.74 Å². The Balaban J connectivity index is 1.98. The summed E-state index contributed by atoms with van der Waals surface area (Å²) in [6.07, 6.45) is 5.32. The topological polar surface area (TPSA) is 33.6 Å². The molecule has 1 saturated heterocycles. The van der Waals surface area contributed by atoms with E-state index >= 15 is 0 Å². The number of hydrogen-bond acceptors (Lipinski definition) is 2. The van der Waals surface area contributed by atoms with E-state index in [1.54, 1.807) is 7.05 Å². The summed E-state index contributed by atoms with van der Waals surface area (Å²) in [7, 11) is 1.77. The van der Waals surface area contributed by atoms with E-state index in [0.717, 1.165) is 18.5 Å². The van der Waals surface area contributed by atoms with Crippen molar-refractivity contribution in [2.24, 2.45) is 10.9 Å². The standard InChI is InChI=1S/C9H16N2O/c1-10-9-11-8-5-3-2-4-7(8)6-12-9/h7-8H,2-6H2,1H3,(H,10,11)/t7-,8+/m0/s1. The lowest BCUT2D eigenvalue weighted by Gasteiger charge is -2.36. The molecule has 1 aliphatic carbocycles. The number of amidine groups is 1. The maximum atomic E-state index is 5.44. The van der Waals surface area contributed by atoms with Gasteiger partial charge in [-0.05, 0) is 12.8 Å². The van der Waals surface area contributed by atoms with Crippen LogP contribution in [0.25, 0.3) is 0 Å². The van der Waals surface area contributed by atoms with E-state index in [4.69, 9.17) is 4.74 Å². The molecule has 3 nitrogen and oxygen atoms in total. The van der Waals surface area contributed by atoms with Crippen LogP contribution in [0.4, 0.5) is 0 Å². The highest BCUT2D eigenvalue weighted by molar-refractivity contribution is 5.74. The highest BCUT2D eigenvalue weighted by atomic mass is 16.5. The highest BCUT2D eigenvalue weighted by Gasteiger charge is 2.30. The lowest BCUT2D eigenvalue weighted by molar-refractivity contribution is 0.124. The SMILES string of the molecule is CN=C1N[C@@H]2CCCC[C@H]2CO1. The van der Waals surface area contributed by atoms with Crippen LogP contribution in [0.15, 0.2) is 4.99 Å². The molecule has 0 spiro atoms. The first kappa shape index (κ1) is 7.90. The quantitative estimate of drug-likeness (QED) is 0.588. The maximum absolute atomic E-state index is 5.44. The van der Waals surface area contributed by atoms with Crippen LogP contribution in [0, 0.1) is 5.92 Å². The van der Waals surface area contributed by atoms with E-state index < -0.39 is 0 Å². The van der Waals surface area contributed by atoms with Crippen LogP contribution in [0.1, 0.15) is 25.7 Å². The normalized spacial score (nSPS) is 38.2. The van der Waals surface area contributed by atoms with E-state index in [-0.39, 0.29) is 0 Å². The first-order valence-electron chi connectivity index (χ1n) is 4.76. The number of nitrogens with zero attached hydrogens (tertiary/aromatic N) is 1. The lowest BCUT2D eigenvalue weighted by atomic mass is 9.84. The molecule has 12 heavy (non-hydrogen) atoms. The molecule has 1 heterocycles. The van der Waals surface area contributed by atoms with Gasteiger partial charge in [0.15, 0.2) is 0 Å². The predicted octanol–water partition coefficient (Wildman–Crippen LogP) is 1.15. The molecule has 68 valence electrons. The number of ether oxygens (including phenoxy) is 1. The van der Waals surface area contributed by atoms with E-state index in [0.29, 0.717) is 6.04 Å². The Morgan fingerprint density at radius 1 is 1.42 bits per heavy atom. The molecule has 0 bridgehead atoms. The summed E-state index contributed by atoms with van der Waals surface area (Å²) < 4.78 is 5.44. The molecule has 2 atom stereocenters. The van der Waals surface area contributed by atoms with E-state index in [9.17, 15) is 0 Å². The minimum absolute atomic E-state index is 0.631. The molecule has 0 unspecified atom stereocenters. The van der Waals surface area contributed by atoms with Crippen LogP contribution in [0.3, 0.4) is 0 Å². The van der Waals surface area contributed by atoms with Crippen LogP contribution < -0.4 is 5.32 Å². The van der Waals surface area contributed by atoms with Crippen molar-refractivity contribution in [1.29, 1.82) is 0 Å². The lowest BCUT2D eigenvalue weighted by Crippen LogP contribution is -2.49. The van der Waals surface area contributed by atoms with Gasteiger partial charge in [0.2, 0.25) is 0 Å². The largest absolute Gasteiger partial charge is 0.465 e. The molecular weight excluding hydrogens is 152 g/mol. The smallest absolute Gasteiger partial charge is 0.284 e. The summed E-state index contributed by atoms with van der Waals surface area (Å²) in [6, 6.07) is 1.37. The Kier molecular flexibility index (Phi) is 2.19. The number of aliphatic imine (C=N–C) groups is 1. The molecule has 1 saturated carbocycles. The average molecular weight is 168 g/mol. The second kappa shape index (κ2) is 3.33. The number of hydrogen-bond donors (Lipinski definition) is 1. The molecule has 0 aromatic carbocycles. The van der Waals surface area contributed by atoms with Gasteiger partial charge in [0, 0.05) is 19.0 Å². The van der Waals surface area contributed by atoms with E-state index in [1.165, 1.54) is 25.7 Å². The summed E-state index contributed by atoms with van der Waals surface area (Å²) in [4.78, 5) is 4.02.